The highest BCUT2D eigenvalue weighted by atomic mass is 35.5. The van der Waals surface area contributed by atoms with E-state index in [1.54, 1.807) is 0 Å². The largest absolute Gasteiger partial charge is 0.193 e. The molecule has 1 nitrogen and oxygen atoms in total. The average molecular weight is 282 g/mol. The lowest BCUT2D eigenvalue weighted by Crippen LogP contribution is -1.99. The second kappa shape index (κ2) is 11.1. The van der Waals surface area contributed by atoms with Gasteiger partial charge in [0.05, 0.1) is 6.07 Å². The highest BCUT2D eigenvalue weighted by Crippen LogP contribution is 2.32. The van der Waals surface area contributed by atoms with Crippen molar-refractivity contribution in [1.29, 1.82) is 5.26 Å². The Kier molecular flexibility index (Phi) is 10.7. The van der Waals surface area contributed by atoms with Gasteiger partial charge in [0.1, 0.15) is 0 Å². The molecule has 108 valence electrons. The predicted molar refractivity (Wildman–Crippen MR) is 85.2 cm³/mol. The predicted octanol–water partition coefficient (Wildman–Crippen LogP) is 6.50. The van der Waals surface area contributed by atoms with Crippen LogP contribution in [0.4, 0.5) is 0 Å². The Bertz CT molecular complexity index is 358. The van der Waals surface area contributed by atoms with Crippen LogP contribution in [0.3, 0.4) is 0 Å². The van der Waals surface area contributed by atoms with Crippen molar-refractivity contribution >= 4 is 11.6 Å². The molecule has 0 N–H and O–H groups in total. The van der Waals surface area contributed by atoms with Gasteiger partial charge in [0.15, 0.2) is 0 Å². The van der Waals surface area contributed by atoms with E-state index >= 15 is 0 Å². The number of allylic oxidation sites excluding steroid dienone is 4. The van der Waals surface area contributed by atoms with E-state index in [0.717, 1.165) is 62.0 Å². The van der Waals surface area contributed by atoms with Crippen molar-refractivity contribution in [3.05, 3.63) is 21.8 Å². The molecule has 0 aromatic heterocycles. The zero-order chi connectivity index (χ0) is 14.7. The van der Waals surface area contributed by atoms with Crippen LogP contribution in [-0.4, -0.2) is 0 Å². The van der Waals surface area contributed by atoms with Gasteiger partial charge < -0.3 is 0 Å². The Morgan fingerprint density at radius 2 is 1.26 bits per heavy atom. The van der Waals surface area contributed by atoms with E-state index < -0.39 is 0 Å². The van der Waals surface area contributed by atoms with Crippen molar-refractivity contribution in [2.24, 2.45) is 0 Å². The first-order chi connectivity index (χ1) is 9.15. The van der Waals surface area contributed by atoms with Gasteiger partial charge in [0.25, 0.3) is 0 Å². The van der Waals surface area contributed by atoms with Gasteiger partial charge in [0, 0.05) is 10.6 Å². The number of hydrogen-bond acceptors (Lipinski definition) is 1. The molecule has 0 radical (unpaired) electrons. The number of halogens is 1. The Hall–Kier alpha value is -0.740. The van der Waals surface area contributed by atoms with Crippen LogP contribution in [0.15, 0.2) is 21.8 Å². The minimum Gasteiger partial charge on any atom is -0.193 e. The standard InChI is InChI=1S/C17H28ClN/c1-5-9-14(13-19)15(10-6-2)16(11-7-3)17(18)12-8-4/h5-12H2,1-4H3/b15-14-,17-16-. The van der Waals surface area contributed by atoms with Gasteiger partial charge in [-0.15, -0.1) is 0 Å². The highest BCUT2D eigenvalue weighted by Gasteiger charge is 2.14. The fourth-order valence-corrected chi connectivity index (χ4v) is 2.73. The Morgan fingerprint density at radius 1 is 0.789 bits per heavy atom. The molecule has 0 amide bonds. The van der Waals surface area contributed by atoms with Crippen LogP contribution in [0.1, 0.15) is 79.1 Å². The molecule has 0 heterocycles. The van der Waals surface area contributed by atoms with Gasteiger partial charge in [-0.1, -0.05) is 65.0 Å². The van der Waals surface area contributed by atoms with Crippen molar-refractivity contribution in [2.45, 2.75) is 79.1 Å². The summed E-state index contributed by atoms with van der Waals surface area (Å²) in [5.41, 5.74) is 3.42. The second-order valence-corrected chi connectivity index (χ2v) is 5.41. The van der Waals surface area contributed by atoms with Crippen LogP contribution in [-0.2, 0) is 0 Å². The van der Waals surface area contributed by atoms with Crippen LogP contribution in [0, 0.1) is 11.3 Å². The zero-order valence-electron chi connectivity index (χ0n) is 13.0. The van der Waals surface area contributed by atoms with E-state index in [2.05, 4.69) is 33.8 Å². The molecule has 0 atom stereocenters. The van der Waals surface area contributed by atoms with E-state index in [0.29, 0.717) is 0 Å². The summed E-state index contributed by atoms with van der Waals surface area (Å²) in [6, 6.07) is 2.41. The number of hydrogen-bond donors (Lipinski definition) is 0. The lowest BCUT2D eigenvalue weighted by molar-refractivity contribution is 0.810. The van der Waals surface area contributed by atoms with Gasteiger partial charge in [0.2, 0.25) is 0 Å². The third kappa shape index (κ3) is 6.30. The number of nitrogens with zero attached hydrogens (tertiary/aromatic N) is 1. The fourth-order valence-electron chi connectivity index (χ4n) is 2.33. The molecule has 0 fully saturated rings. The van der Waals surface area contributed by atoms with Crippen LogP contribution < -0.4 is 0 Å². The Morgan fingerprint density at radius 3 is 1.68 bits per heavy atom. The molecule has 0 saturated carbocycles. The summed E-state index contributed by atoms with van der Waals surface area (Å²) in [4.78, 5) is 0. The quantitative estimate of drug-likeness (QED) is 0.349. The minimum absolute atomic E-state index is 0.870. The summed E-state index contributed by atoms with van der Waals surface area (Å²) in [6.45, 7) is 8.61. The molecule has 0 bridgehead atoms. The second-order valence-electron chi connectivity index (χ2n) is 4.95. The molecule has 0 aliphatic carbocycles. The summed E-state index contributed by atoms with van der Waals surface area (Å²) >= 11 is 6.49. The molecule has 19 heavy (non-hydrogen) atoms. The lowest BCUT2D eigenvalue weighted by Gasteiger charge is -2.16. The fraction of sp³-hybridized carbons (Fsp3) is 0.706. The van der Waals surface area contributed by atoms with Crippen molar-refractivity contribution in [3.8, 4) is 6.07 Å². The molecule has 0 unspecified atom stereocenters. The maximum atomic E-state index is 9.41. The molecule has 0 spiro atoms. The molecule has 0 rings (SSSR count). The summed E-state index contributed by atoms with van der Waals surface area (Å²) < 4.78 is 0. The van der Waals surface area contributed by atoms with Crippen LogP contribution in [0.25, 0.3) is 0 Å². The molecule has 0 aliphatic rings. The SMILES string of the molecule is CCC/C(Cl)=C(CCC)/C(CCC)=C(\C#N)CCC. The first kappa shape index (κ1) is 18.3. The summed E-state index contributed by atoms with van der Waals surface area (Å²) in [5.74, 6) is 0. The van der Waals surface area contributed by atoms with E-state index in [4.69, 9.17) is 11.6 Å². The van der Waals surface area contributed by atoms with E-state index in [1.807, 2.05) is 0 Å². The van der Waals surface area contributed by atoms with Gasteiger partial charge in [-0.25, -0.2) is 0 Å². The molecule has 0 saturated heterocycles. The molecule has 0 aromatic carbocycles. The molecule has 0 aromatic rings. The number of nitriles is 1. The molecular formula is C17H28ClN. The van der Waals surface area contributed by atoms with E-state index in [9.17, 15) is 5.26 Å². The summed E-state index contributed by atoms with van der Waals surface area (Å²) in [6.07, 6.45) is 7.97. The molecule has 2 heteroatoms. The lowest BCUT2D eigenvalue weighted by atomic mass is 9.90. The Labute approximate surface area is 124 Å². The zero-order valence-corrected chi connectivity index (χ0v) is 13.7. The van der Waals surface area contributed by atoms with Gasteiger partial charge >= 0.3 is 0 Å². The third-order valence-electron chi connectivity index (χ3n) is 3.16. The van der Waals surface area contributed by atoms with E-state index in [-0.39, 0.29) is 0 Å². The maximum absolute atomic E-state index is 9.41. The van der Waals surface area contributed by atoms with Crippen LogP contribution in [0.5, 0.6) is 0 Å². The normalized spacial score (nSPS) is 13.7. The van der Waals surface area contributed by atoms with Crippen molar-refractivity contribution in [3.63, 3.8) is 0 Å². The van der Waals surface area contributed by atoms with Crippen molar-refractivity contribution in [1.82, 2.24) is 0 Å². The van der Waals surface area contributed by atoms with Crippen LogP contribution >= 0.6 is 11.6 Å². The van der Waals surface area contributed by atoms with Gasteiger partial charge in [-0.2, -0.15) is 5.26 Å². The molecular weight excluding hydrogens is 254 g/mol. The minimum atomic E-state index is 0.870. The van der Waals surface area contributed by atoms with Crippen molar-refractivity contribution in [2.75, 3.05) is 0 Å². The molecule has 0 aliphatic heterocycles. The maximum Gasteiger partial charge on any atom is 0.0950 e. The highest BCUT2D eigenvalue weighted by molar-refractivity contribution is 6.30. The van der Waals surface area contributed by atoms with Crippen molar-refractivity contribution < 1.29 is 0 Å². The topological polar surface area (TPSA) is 23.8 Å². The van der Waals surface area contributed by atoms with Crippen LogP contribution in [0.2, 0.25) is 0 Å². The first-order valence-corrected chi connectivity index (χ1v) is 8.03. The smallest absolute Gasteiger partial charge is 0.0950 e. The Balaban J connectivity index is 5.64. The summed E-state index contributed by atoms with van der Waals surface area (Å²) in [7, 11) is 0. The van der Waals surface area contributed by atoms with Gasteiger partial charge in [-0.3, -0.25) is 0 Å². The number of rotatable bonds is 9. The third-order valence-corrected chi connectivity index (χ3v) is 3.58. The average Bonchev–Trinajstić information content (AvgIpc) is 2.40. The monoisotopic (exact) mass is 281 g/mol. The first-order valence-electron chi connectivity index (χ1n) is 7.66. The van der Waals surface area contributed by atoms with E-state index in [1.165, 1.54) is 11.1 Å². The van der Waals surface area contributed by atoms with Gasteiger partial charge in [-0.05, 0) is 36.8 Å². The summed E-state index contributed by atoms with van der Waals surface area (Å²) in [5, 5.41) is 10.4.